The Hall–Kier alpha value is -0.570. The molecule has 0 fully saturated rings. The molecule has 3 heteroatoms. The van der Waals surface area contributed by atoms with Crippen molar-refractivity contribution in [2.24, 2.45) is 0 Å². The summed E-state index contributed by atoms with van der Waals surface area (Å²) in [5, 5.41) is 10.8. The first kappa shape index (κ1) is 15.5. The Morgan fingerprint density at radius 1 is 1.33 bits per heavy atom. The van der Waals surface area contributed by atoms with Gasteiger partial charge in [0, 0.05) is 17.6 Å². The van der Waals surface area contributed by atoms with E-state index in [-0.39, 0.29) is 0 Å². The van der Waals surface area contributed by atoms with Gasteiger partial charge in [-0.15, -0.1) is 0 Å². The monoisotopic (exact) mass is 269 g/mol. The molecule has 2 unspecified atom stereocenters. The van der Waals surface area contributed by atoms with Gasteiger partial charge in [-0.3, -0.25) is 0 Å². The molecule has 1 aromatic carbocycles. The Labute approximate surface area is 116 Å². The summed E-state index contributed by atoms with van der Waals surface area (Å²) >= 11 is 5.93. The minimum absolute atomic E-state index is 0.429. The summed E-state index contributed by atoms with van der Waals surface area (Å²) in [4.78, 5) is 2.40. The average molecular weight is 270 g/mol. The highest BCUT2D eigenvalue weighted by Gasteiger charge is 2.13. The number of hydrogen-bond donors (Lipinski definition) is 1. The molecule has 0 amide bonds. The molecule has 0 spiro atoms. The first-order valence-electron chi connectivity index (χ1n) is 6.76. The van der Waals surface area contributed by atoms with Gasteiger partial charge in [-0.1, -0.05) is 37.6 Å². The van der Waals surface area contributed by atoms with Crippen molar-refractivity contribution < 1.29 is 5.11 Å². The Morgan fingerprint density at radius 2 is 2.06 bits per heavy atom. The van der Waals surface area contributed by atoms with Crippen molar-refractivity contribution in [2.75, 3.05) is 13.1 Å². The predicted molar refractivity (Wildman–Crippen MR) is 78.0 cm³/mol. The molecule has 0 aromatic heterocycles. The highest BCUT2D eigenvalue weighted by molar-refractivity contribution is 6.30. The van der Waals surface area contributed by atoms with E-state index in [2.05, 4.69) is 25.7 Å². The van der Waals surface area contributed by atoms with Crippen molar-refractivity contribution in [1.82, 2.24) is 4.90 Å². The largest absolute Gasteiger partial charge is 0.388 e. The lowest BCUT2D eigenvalue weighted by Crippen LogP contribution is -2.33. The molecular weight excluding hydrogens is 246 g/mol. The molecule has 2 nitrogen and oxygen atoms in total. The van der Waals surface area contributed by atoms with E-state index in [0.29, 0.717) is 11.1 Å². The third kappa shape index (κ3) is 4.60. The van der Waals surface area contributed by atoms with Crippen molar-refractivity contribution in [1.29, 1.82) is 0 Å². The van der Waals surface area contributed by atoms with E-state index in [4.69, 9.17) is 11.6 Å². The van der Waals surface area contributed by atoms with Gasteiger partial charge in [0.25, 0.3) is 0 Å². The lowest BCUT2D eigenvalue weighted by atomic mass is 10.1. The van der Waals surface area contributed by atoms with Crippen LogP contribution in [0.25, 0.3) is 0 Å². The predicted octanol–water partition coefficient (Wildman–Crippen LogP) is 3.88. The van der Waals surface area contributed by atoms with Crippen LogP contribution in [0, 0.1) is 0 Å². The van der Waals surface area contributed by atoms with Crippen LogP contribution < -0.4 is 0 Å². The summed E-state index contributed by atoms with van der Waals surface area (Å²) in [5.74, 6) is 0. The topological polar surface area (TPSA) is 23.5 Å². The Bertz CT molecular complexity index is 356. The second-order valence-electron chi connectivity index (χ2n) is 4.75. The van der Waals surface area contributed by atoms with Crippen LogP contribution in [0.5, 0.6) is 0 Å². The molecule has 0 bridgehead atoms. The summed E-state index contributed by atoms with van der Waals surface area (Å²) in [7, 11) is 0. The van der Waals surface area contributed by atoms with Crippen LogP contribution in [0.1, 0.15) is 45.3 Å². The molecule has 18 heavy (non-hydrogen) atoms. The highest BCUT2D eigenvalue weighted by atomic mass is 35.5. The van der Waals surface area contributed by atoms with Crippen molar-refractivity contribution >= 4 is 11.6 Å². The number of hydrogen-bond acceptors (Lipinski definition) is 2. The first-order valence-corrected chi connectivity index (χ1v) is 7.13. The lowest BCUT2D eigenvalue weighted by Gasteiger charge is -2.27. The van der Waals surface area contributed by atoms with Crippen LogP contribution >= 0.6 is 11.6 Å². The van der Waals surface area contributed by atoms with Crippen molar-refractivity contribution in [3.8, 4) is 0 Å². The fraction of sp³-hybridized carbons (Fsp3) is 0.600. The zero-order chi connectivity index (χ0) is 13.5. The third-order valence-corrected chi connectivity index (χ3v) is 3.78. The molecule has 1 N–H and O–H groups in total. The summed E-state index contributed by atoms with van der Waals surface area (Å²) in [5.41, 5.74) is 0.905. The molecule has 0 radical (unpaired) electrons. The molecule has 1 rings (SSSR count). The molecule has 0 saturated heterocycles. The van der Waals surface area contributed by atoms with Gasteiger partial charge in [0.15, 0.2) is 0 Å². The molecular formula is C15H24ClNO. The van der Waals surface area contributed by atoms with Gasteiger partial charge >= 0.3 is 0 Å². The van der Waals surface area contributed by atoms with E-state index in [1.54, 1.807) is 0 Å². The van der Waals surface area contributed by atoms with Crippen LogP contribution in [0.3, 0.4) is 0 Å². The van der Waals surface area contributed by atoms with Crippen molar-refractivity contribution in [3.05, 3.63) is 34.9 Å². The second kappa shape index (κ2) is 7.78. The molecule has 2 atom stereocenters. The number of rotatable bonds is 7. The Morgan fingerprint density at radius 3 is 2.61 bits per heavy atom. The highest BCUT2D eigenvalue weighted by Crippen LogP contribution is 2.21. The van der Waals surface area contributed by atoms with E-state index >= 15 is 0 Å². The summed E-state index contributed by atoms with van der Waals surface area (Å²) < 4.78 is 0. The standard InChI is InChI=1S/C15H24ClNO/c1-4-12(3)17(5-2)10-9-15(18)13-7-6-8-14(16)11-13/h6-8,11-12,15,18H,4-5,9-10H2,1-3H3. The molecule has 0 aliphatic rings. The maximum Gasteiger partial charge on any atom is 0.0802 e. The number of nitrogens with zero attached hydrogens (tertiary/aromatic N) is 1. The minimum atomic E-state index is -0.429. The van der Waals surface area contributed by atoms with Gasteiger partial charge in [0.05, 0.1) is 6.10 Å². The third-order valence-electron chi connectivity index (χ3n) is 3.54. The SMILES string of the molecule is CCC(C)N(CC)CCC(O)c1cccc(Cl)c1. The van der Waals surface area contributed by atoms with E-state index in [9.17, 15) is 5.11 Å². The van der Waals surface area contributed by atoms with Gasteiger partial charge in [-0.2, -0.15) is 0 Å². The Balaban J connectivity index is 2.52. The zero-order valence-electron chi connectivity index (χ0n) is 11.6. The van der Waals surface area contributed by atoms with Crippen LogP contribution in [0.2, 0.25) is 5.02 Å². The van der Waals surface area contributed by atoms with Gasteiger partial charge < -0.3 is 10.0 Å². The molecule has 0 saturated carbocycles. The van der Waals surface area contributed by atoms with Gasteiger partial charge in [0.1, 0.15) is 0 Å². The fourth-order valence-corrected chi connectivity index (χ4v) is 2.32. The smallest absolute Gasteiger partial charge is 0.0802 e. The van der Waals surface area contributed by atoms with Crippen LogP contribution in [0.15, 0.2) is 24.3 Å². The van der Waals surface area contributed by atoms with Crippen molar-refractivity contribution in [2.45, 2.75) is 45.8 Å². The maximum atomic E-state index is 10.2. The summed E-state index contributed by atoms with van der Waals surface area (Å²) in [6.07, 6.45) is 1.46. The minimum Gasteiger partial charge on any atom is -0.388 e. The second-order valence-corrected chi connectivity index (χ2v) is 5.18. The zero-order valence-corrected chi connectivity index (χ0v) is 12.3. The number of halogens is 1. The first-order chi connectivity index (χ1) is 8.58. The fourth-order valence-electron chi connectivity index (χ4n) is 2.12. The van der Waals surface area contributed by atoms with E-state index in [0.717, 1.165) is 31.5 Å². The van der Waals surface area contributed by atoms with Gasteiger partial charge in [-0.25, -0.2) is 0 Å². The molecule has 0 aliphatic heterocycles. The number of aliphatic hydroxyl groups is 1. The molecule has 0 heterocycles. The number of benzene rings is 1. The lowest BCUT2D eigenvalue weighted by molar-refractivity contribution is 0.128. The summed E-state index contributed by atoms with van der Waals surface area (Å²) in [6.45, 7) is 8.53. The molecule has 102 valence electrons. The van der Waals surface area contributed by atoms with E-state index in [1.165, 1.54) is 0 Å². The van der Waals surface area contributed by atoms with Crippen LogP contribution in [-0.4, -0.2) is 29.1 Å². The van der Waals surface area contributed by atoms with E-state index < -0.39 is 6.10 Å². The molecule has 0 aliphatic carbocycles. The maximum absolute atomic E-state index is 10.2. The summed E-state index contributed by atoms with van der Waals surface area (Å²) in [6, 6.07) is 8.05. The average Bonchev–Trinajstić information content (AvgIpc) is 2.38. The van der Waals surface area contributed by atoms with Gasteiger partial charge in [0.2, 0.25) is 0 Å². The van der Waals surface area contributed by atoms with Crippen LogP contribution in [-0.2, 0) is 0 Å². The normalized spacial score (nSPS) is 14.8. The van der Waals surface area contributed by atoms with E-state index in [1.807, 2.05) is 24.3 Å². The van der Waals surface area contributed by atoms with Gasteiger partial charge in [-0.05, 0) is 44.0 Å². The van der Waals surface area contributed by atoms with Crippen LogP contribution in [0.4, 0.5) is 0 Å². The number of aliphatic hydroxyl groups excluding tert-OH is 1. The molecule has 1 aromatic rings. The van der Waals surface area contributed by atoms with Crippen molar-refractivity contribution in [3.63, 3.8) is 0 Å². The Kier molecular flexibility index (Phi) is 6.69. The quantitative estimate of drug-likeness (QED) is 0.812.